The maximum Gasteiger partial charge on any atom is 0.344 e. The number of ether oxygens (including phenoxy) is 3. The summed E-state index contributed by atoms with van der Waals surface area (Å²) in [6.07, 6.45) is 0. The number of carbonyl (C=O) groups excluding carboxylic acids is 2. The van der Waals surface area contributed by atoms with Gasteiger partial charge in [0.1, 0.15) is 11.5 Å². The van der Waals surface area contributed by atoms with Crippen molar-refractivity contribution in [2.24, 2.45) is 0 Å². The largest absolute Gasteiger partial charge is 0.497 e. The van der Waals surface area contributed by atoms with E-state index in [0.29, 0.717) is 17.2 Å². The number of esters is 1. The summed E-state index contributed by atoms with van der Waals surface area (Å²) in [6.45, 7) is 3.27. The summed E-state index contributed by atoms with van der Waals surface area (Å²) in [5.74, 6) is 0.249. The third kappa shape index (κ3) is 6.18. The molecule has 0 fully saturated rings. The van der Waals surface area contributed by atoms with E-state index in [4.69, 9.17) is 14.2 Å². The predicted molar refractivity (Wildman–Crippen MR) is 94.0 cm³/mol. The molecule has 6 heteroatoms. The van der Waals surface area contributed by atoms with E-state index in [9.17, 15) is 9.59 Å². The number of rotatable bonds is 7. The quantitative estimate of drug-likeness (QED) is 0.783. The lowest BCUT2D eigenvalue weighted by Gasteiger charge is -2.09. The SMILES string of the molecule is COc1ccc(NC(=O)COC(=O)COc2cc(C)cc(C)c2)cc1. The molecule has 2 rings (SSSR count). The Balaban J connectivity index is 1.74. The van der Waals surface area contributed by atoms with Crippen molar-refractivity contribution in [3.8, 4) is 11.5 Å². The Hall–Kier alpha value is -3.02. The zero-order valence-electron chi connectivity index (χ0n) is 14.5. The van der Waals surface area contributed by atoms with E-state index in [2.05, 4.69) is 5.32 Å². The lowest BCUT2D eigenvalue weighted by molar-refractivity contribution is -0.149. The molecular weight excluding hydrogens is 322 g/mol. The van der Waals surface area contributed by atoms with Crippen LogP contribution < -0.4 is 14.8 Å². The summed E-state index contributed by atoms with van der Waals surface area (Å²) < 4.78 is 15.3. The summed E-state index contributed by atoms with van der Waals surface area (Å²) in [6, 6.07) is 12.5. The lowest BCUT2D eigenvalue weighted by Crippen LogP contribution is -2.23. The van der Waals surface area contributed by atoms with E-state index in [-0.39, 0.29) is 13.2 Å². The Labute approximate surface area is 146 Å². The summed E-state index contributed by atoms with van der Waals surface area (Å²) in [4.78, 5) is 23.5. The van der Waals surface area contributed by atoms with Crippen LogP contribution in [0.1, 0.15) is 11.1 Å². The first-order valence-electron chi connectivity index (χ1n) is 7.77. The van der Waals surface area contributed by atoms with Crippen LogP contribution in [0.25, 0.3) is 0 Å². The summed E-state index contributed by atoms with van der Waals surface area (Å²) in [7, 11) is 1.56. The van der Waals surface area contributed by atoms with Gasteiger partial charge >= 0.3 is 5.97 Å². The van der Waals surface area contributed by atoms with Gasteiger partial charge in [0, 0.05) is 5.69 Å². The van der Waals surface area contributed by atoms with Gasteiger partial charge in [0.25, 0.3) is 5.91 Å². The molecule has 1 amide bonds. The van der Waals surface area contributed by atoms with Crippen molar-refractivity contribution in [2.45, 2.75) is 13.8 Å². The molecule has 0 radical (unpaired) electrons. The molecule has 0 saturated carbocycles. The molecule has 0 aliphatic heterocycles. The van der Waals surface area contributed by atoms with Crippen LogP contribution in [-0.4, -0.2) is 32.2 Å². The van der Waals surface area contributed by atoms with Gasteiger partial charge in [-0.25, -0.2) is 4.79 Å². The fraction of sp³-hybridized carbons (Fsp3) is 0.263. The Morgan fingerprint density at radius 2 is 1.56 bits per heavy atom. The minimum Gasteiger partial charge on any atom is -0.497 e. The normalized spacial score (nSPS) is 10.0. The summed E-state index contributed by atoms with van der Waals surface area (Å²) >= 11 is 0. The van der Waals surface area contributed by atoms with Crippen LogP contribution in [0.3, 0.4) is 0 Å². The van der Waals surface area contributed by atoms with Crippen molar-refractivity contribution in [3.63, 3.8) is 0 Å². The van der Waals surface area contributed by atoms with Gasteiger partial charge in [0.15, 0.2) is 13.2 Å². The first-order valence-corrected chi connectivity index (χ1v) is 7.77. The first kappa shape index (κ1) is 18.3. The second-order valence-electron chi connectivity index (χ2n) is 5.55. The van der Waals surface area contributed by atoms with Gasteiger partial charge in [0.05, 0.1) is 7.11 Å². The molecule has 0 unspecified atom stereocenters. The molecule has 0 bridgehead atoms. The van der Waals surface area contributed by atoms with Crippen molar-refractivity contribution in [2.75, 3.05) is 25.6 Å². The third-order valence-electron chi connectivity index (χ3n) is 3.29. The fourth-order valence-electron chi connectivity index (χ4n) is 2.22. The molecule has 0 aromatic heterocycles. The Morgan fingerprint density at radius 1 is 0.920 bits per heavy atom. The van der Waals surface area contributed by atoms with Crippen LogP contribution in [0.4, 0.5) is 5.69 Å². The molecule has 6 nitrogen and oxygen atoms in total. The number of aryl methyl sites for hydroxylation is 2. The number of hydrogen-bond donors (Lipinski definition) is 1. The van der Waals surface area contributed by atoms with E-state index in [0.717, 1.165) is 11.1 Å². The number of anilines is 1. The number of carbonyl (C=O) groups is 2. The van der Waals surface area contributed by atoms with E-state index in [1.807, 2.05) is 32.0 Å². The van der Waals surface area contributed by atoms with Crippen molar-refractivity contribution in [1.82, 2.24) is 0 Å². The van der Waals surface area contributed by atoms with Gasteiger partial charge in [-0.15, -0.1) is 0 Å². The van der Waals surface area contributed by atoms with Crippen LogP contribution in [-0.2, 0) is 14.3 Å². The molecule has 25 heavy (non-hydrogen) atoms. The lowest BCUT2D eigenvalue weighted by atomic mass is 10.1. The molecule has 0 aliphatic carbocycles. The van der Waals surface area contributed by atoms with Gasteiger partial charge < -0.3 is 19.5 Å². The molecule has 0 atom stereocenters. The molecule has 132 valence electrons. The van der Waals surface area contributed by atoms with Crippen molar-refractivity contribution >= 4 is 17.6 Å². The van der Waals surface area contributed by atoms with Gasteiger partial charge in [-0.1, -0.05) is 6.07 Å². The van der Waals surface area contributed by atoms with Crippen LogP contribution in [0.5, 0.6) is 11.5 Å². The molecular formula is C19H21NO5. The van der Waals surface area contributed by atoms with Gasteiger partial charge in [-0.3, -0.25) is 4.79 Å². The van der Waals surface area contributed by atoms with Crippen LogP contribution in [0.15, 0.2) is 42.5 Å². The van der Waals surface area contributed by atoms with Gasteiger partial charge in [-0.05, 0) is 61.4 Å². The van der Waals surface area contributed by atoms with Crippen molar-refractivity contribution in [3.05, 3.63) is 53.6 Å². The molecule has 2 aromatic carbocycles. The molecule has 0 heterocycles. The Kier molecular flexibility index (Phi) is 6.39. The number of methoxy groups -OCH3 is 1. The predicted octanol–water partition coefficient (Wildman–Crippen LogP) is 2.87. The van der Waals surface area contributed by atoms with Crippen LogP contribution in [0, 0.1) is 13.8 Å². The smallest absolute Gasteiger partial charge is 0.344 e. The maximum absolute atomic E-state index is 11.8. The van der Waals surface area contributed by atoms with E-state index in [1.165, 1.54) is 0 Å². The third-order valence-corrected chi connectivity index (χ3v) is 3.29. The van der Waals surface area contributed by atoms with Crippen LogP contribution >= 0.6 is 0 Å². The minimum atomic E-state index is -0.607. The second kappa shape index (κ2) is 8.73. The van der Waals surface area contributed by atoms with E-state index >= 15 is 0 Å². The second-order valence-corrected chi connectivity index (χ2v) is 5.55. The first-order chi connectivity index (χ1) is 12.0. The number of benzene rings is 2. The van der Waals surface area contributed by atoms with Crippen molar-refractivity contribution in [1.29, 1.82) is 0 Å². The minimum absolute atomic E-state index is 0.251. The van der Waals surface area contributed by atoms with E-state index < -0.39 is 11.9 Å². The molecule has 2 aromatic rings. The van der Waals surface area contributed by atoms with Crippen molar-refractivity contribution < 1.29 is 23.8 Å². The van der Waals surface area contributed by atoms with Crippen LogP contribution in [0.2, 0.25) is 0 Å². The highest BCUT2D eigenvalue weighted by Gasteiger charge is 2.09. The zero-order valence-corrected chi connectivity index (χ0v) is 14.5. The zero-order chi connectivity index (χ0) is 18.2. The standard InChI is InChI=1S/C19H21NO5/c1-13-8-14(2)10-17(9-13)24-12-19(22)25-11-18(21)20-15-4-6-16(23-3)7-5-15/h4-10H,11-12H2,1-3H3,(H,20,21). The summed E-state index contributed by atoms with van der Waals surface area (Å²) in [5, 5.41) is 2.62. The highest BCUT2D eigenvalue weighted by atomic mass is 16.6. The average Bonchev–Trinajstić information content (AvgIpc) is 2.58. The number of amides is 1. The Bertz CT molecular complexity index is 720. The average molecular weight is 343 g/mol. The Morgan fingerprint density at radius 3 is 2.16 bits per heavy atom. The summed E-state index contributed by atoms with van der Waals surface area (Å²) in [5.41, 5.74) is 2.68. The maximum atomic E-state index is 11.8. The van der Waals surface area contributed by atoms with Gasteiger partial charge in [-0.2, -0.15) is 0 Å². The molecule has 0 aliphatic rings. The van der Waals surface area contributed by atoms with Gasteiger partial charge in [0.2, 0.25) is 0 Å². The highest BCUT2D eigenvalue weighted by Crippen LogP contribution is 2.16. The monoisotopic (exact) mass is 343 g/mol. The fourth-order valence-corrected chi connectivity index (χ4v) is 2.22. The number of hydrogen-bond acceptors (Lipinski definition) is 5. The molecule has 0 saturated heterocycles. The topological polar surface area (TPSA) is 73.9 Å². The molecule has 1 N–H and O–H groups in total. The molecule has 0 spiro atoms. The number of nitrogens with one attached hydrogen (secondary N) is 1. The highest BCUT2D eigenvalue weighted by molar-refractivity contribution is 5.92. The van der Waals surface area contributed by atoms with E-state index in [1.54, 1.807) is 31.4 Å².